The number of carbonyl (C=O) groups excluding carboxylic acids is 1. The summed E-state index contributed by atoms with van der Waals surface area (Å²) < 4.78 is 13.6. The molecule has 0 aliphatic heterocycles. The van der Waals surface area contributed by atoms with Crippen molar-refractivity contribution in [1.82, 2.24) is 5.32 Å². The van der Waals surface area contributed by atoms with E-state index in [1.54, 1.807) is 6.07 Å². The second-order valence-corrected chi connectivity index (χ2v) is 4.60. The summed E-state index contributed by atoms with van der Waals surface area (Å²) in [6.07, 6.45) is 1.68. The summed E-state index contributed by atoms with van der Waals surface area (Å²) in [6, 6.07) is 4.10. The average molecular weight is 309 g/mol. The van der Waals surface area contributed by atoms with Crippen molar-refractivity contribution < 1.29 is 9.18 Å². The van der Waals surface area contributed by atoms with Gasteiger partial charge < -0.3 is 5.32 Å². The van der Waals surface area contributed by atoms with Crippen molar-refractivity contribution in [2.24, 2.45) is 0 Å². The van der Waals surface area contributed by atoms with Crippen molar-refractivity contribution in [2.45, 2.75) is 12.8 Å². The highest BCUT2D eigenvalue weighted by Gasteiger charge is 2.07. The van der Waals surface area contributed by atoms with Gasteiger partial charge in [-0.05, 0) is 31.0 Å². The van der Waals surface area contributed by atoms with Crippen LogP contribution in [0.3, 0.4) is 0 Å². The molecule has 0 saturated carbocycles. The van der Waals surface area contributed by atoms with E-state index in [0.717, 1.165) is 12.8 Å². The highest BCUT2D eigenvalue weighted by molar-refractivity contribution is 9.10. The Morgan fingerprint density at radius 3 is 2.75 bits per heavy atom. The lowest BCUT2D eigenvalue weighted by Gasteiger charge is -2.05. The van der Waals surface area contributed by atoms with Crippen molar-refractivity contribution in [3.8, 4) is 0 Å². The third-order valence-electron chi connectivity index (χ3n) is 1.97. The van der Waals surface area contributed by atoms with Crippen molar-refractivity contribution >= 4 is 33.4 Å². The molecular weight excluding hydrogens is 296 g/mol. The molecule has 1 aromatic carbocycles. The van der Waals surface area contributed by atoms with Crippen LogP contribution in [-0.2, 0) is 0 Å². The van der Waals surface area contributed by atoms with Crippen LogP contribution in [0.25, 0.3) is 0 Å². The molecule has 0 radical (unpaired) electrons. The Labute approximate surface area is 107 Å². The van der Waals surface area contributed by atoms with E-state index < -0.39 is 5.82 Å². The van der Waals surface area contributed by atoms with Gasteiger partial charge in [-0.25, -0.2) is 4.39 Å². The van der Waals surface area contributed by atoms with Gasteiger partial charge in [0.05, 0.1) is 0 Å². The Hall–Kier alpha value is -0.610. The van der Waals surface area contributed by atoms with Crippen molar-refractivity contribution in [1.29, 1.82) is 0 Å². The quantitative estimate of drug-likeness (QED) is 0.656. The fourth-order valence-corrected chi connectivity index (χ4v) is 1.86. The first kappa shape index (κ1) is 13.5. The molecule has 1 aromatic rings. The van der Waals surface area contributed by atoms with Crippen LogP contribution in [0.15, 0.2) is 22.7 Å². The lowest BCUT2D eigenvalue weighted by molar-refractivity contribution is 0.0952. The first-order valence-corrected chi connectivity index (χ1v) is 6.26. The number of unbranched alkanes of at least 4 members (excludes halogenated alkanes) is 1. The van der Waals surface area contributed by atoms with E-state index in [4.69, 9.17) is 11.6 Å². The number of amides is 1. The van der Waals surface area contributed by atoms with E-state index in [2.05, 4.69) is 21.2 Å². The second-order valence-electron chi connectivity index (χ2n) is 3.31. The third-order valence-corrected chi connectivity index (χ3v) is 2.70. The predicted molar refractivity (Wildman–Crippen MR) is 66.4 cm³/mol. The Morgan fingerprint density at radius 1 is 1.38 bits per heavy atom. The second kappa shape index (κ2) is 6.86. The van der Waals surface area contributed by atoms with E-state index in [1.807, 2.05) is 0 Å². The molecule has 0 bridgehead atoms. The summed E-state index contributed by atoms with van der Waals surface area (Å²) >= 11 is 8.64. The molecule has 1 N–H and O–H groups in total. The van der Waals surface area contributed by atoms with Crippen LogP contribution in [0.1, 0.15) is 23.2 Å². The zero-order chi connectivity index (χ0) is 12.0. The average Bonchev–Trinajstić information content (AvgIpc) is 2.22. The maximum Gasteiger partial charge on any atom is 0.251 e. The Morgan fingerprint density at radius 2 is 2.12 bits per heavy atom. The SMILES string of the molecule is O=C(NCCCCCl)c1cc(F)cc(Br)c1. The lowest BCUT2D eigenvalue weighted by atomic mass is 10.2. The molecule has 1 amide bonds. The predicted octanol–water partition coefficient (Wildman–Crippen LogP) is 3.34. The normalized spacial score (nSPS) is 10.2. The van der Waals surface area contributed by atoms with Gasteiger partial charge in [-0.1, -0.05) is 15.9 Å². The summed E-state index contributed by atoms with van der Waals surface area (Å²) in [5.41, 5.74) is 0.317. The minimum atomic E-state index is -0.430. The van der Waals surface area contributed by atoms with Crippen LogP contribution in [0.5, 0.6) is 0 Å². The Kier molecular flexibility index (Phi) is 5.77. The maximum atomic E-state index is 13.0. The summed E-state index contributed by atoms with van der Waals surface area (Å²) in [4.78, 5) is 11.6. The number of hydrogen-bond acceptors (Lipinski definition) is 1. The number of alkyl halides is 1. The minimum Gasteiger partial charge on any atom is -0.352 e. The largest absolute Gasteiger partial charge is 0.352 e. The summed E-state index contributed by atoms with van der Waals surface area (Å²) in [5.74, 6) is -0.114. The van der Waals surface area contributed by atoms with Crippen LogP contribution in [0, 0.1) is 5.82 Å². The van der Waals surface area contributed by atoms with Crippen LogP contribution in [0.4, 0.5) is 4.39 Å². The van der Waals surface area contributed by atoms with E-state index in [1.165, 1.54) is 12.1 Å². The number of benzene rings is 1. The highest BCUT2D eigenvalue weighted by atomic mass is 79.9. The molecule has 5 heteroatoms. The van der Waals surface area contributed by atoms with E-state index in [9.17, 15) is 9.18 Å². The van der Waals surface area contributed by atoms with E-state index in [-0.39, 0.29) is 5.91 Å². The molecular formula is C11H12BrClFNO. The fraction of sp³-hybridized carbons (Fsp3) is 0.364. The minimum absolute atomic E-state index is 0.269. The van der Waals surface area contributed by atoms with Gasteiger partial charge in [-0.2, -0.15) is 0 Å². The van der Waals surface area contributed by atoms with Gasteiger partial charge in [0.1, 0.15) is 5.82 Å². The van der Waals surface area contributed by atoms with Gasteiger partial charge in [0.15, 0.2) is 0 Å². The van der Waals surface area contributed by atoms with Crippen LogP contribution in [0.2, 0.25) is 0 Å². The number of carbonyl (C=O) groups is 1. The molecule has 0 atom stereocenters. The van der Waals surface area contributed by atoms with Crippen LogP contribution < -0.4 is 5.32 Å². The van der Waals surface area contributed by atoms with Gasteiger partial charge in [0, 0.05) is 22.5 Å². The molecule has 0 saturated heterocycles. The highest BCUT2D eigenvalue weighted by Crippen LogP contribution is 2.14. The standard InChI is InChI=1S/C11H12BrClFNO/c12-9-5-8(6-10(14)7-9)11(16)15-4-2-1-3-13/h5-7H,1-4H2,(H,15,16). The number of halogens is 3. The molecule has 0 heterocycles. The first-order chi connectivity index (χ1) is 7.63. The molecule has 1 rings (SSSR count). The van der Waals surface area contributed by atoms with Crippen molar-refractivity contribution in [3.63, 3.8) is 0 Å². The van der Waals surface area contributed by atoms with Gasteiger partial charge in [0.25, 0.3) is 5.91 Å². The summed E-state index contributed by atoms with van der Waals surface area (Å²) in [5, 5.41) is 2.70. The third kappa shape index (κ3) is 4.49. The summed E-state index contributed by atoms with van der Waals surface area (Å²) in [6.45, 7) is 0.555. The molecule has 0 spiro atoms. The van der Waals surface area contributed by atoms with Gasteiger partial charge in [-0.15, -0.1) is 11.6 Å². The van der Waals surface area contributed by atoms with Crippen molar-refractivity contribution in [3.05, 3.63) is 34.1 Å². The Bertz CT molecular complexity index is 353. The van der Waals surface area contributed by atoms with E-state index in [0.29, 0.717) is 22.5 Å². The summed E-state index contributed by atoms with van der Waals surface area (Å²) in [7, 11) is 0. The Balaban J connectivity index is 2.52. The lowest BCUT2D eigenvalue weighted by Crippen LogP contribution is -2.24. The van der Waals surface area contributed by atoms with Crippen LogP contribution >= 0.6 is 27.5 Å². The molecule has 0 fully saturated rings. The smallest absolute Gasteiger partial charge is 0.251 e. The molecule has 0 aromatic heterocycles. The van der Waals surface area contributed by atoms with Gasteiger partial charge >= 0.3 is 0 Å². The van der Waals surface area contributed by atoms with Gasteiger partial charge in [-0.3, -0.25) is 4.79 Å². The molecule has 0 aliphatic carbocycles. The molecule has 2 nitrogen and oxygen atoms in total. The zero-order valence-corrected chi connectivity index (χ0v) is 10.9. The molecule has 16 heavy (non-hydrogen) atoms. The molecule has 0 unspecified atom stereocenters. The molecule has 88 valence electrons. The number of rotatable bonds is 5. The molecule has 0 aliphatic rings. The van der Waals surface area contributed by atoms with Crippen LogP contribution in [-0.4, -0.2) is 18.3 Å². The number of hydrogen-bond donors (Lipinski definition) is 1. The van der Waals surface area contributed by atoms with Crippen molar-refractivity contribution in [2.75, 3.05) is 12.4 Å². The zero-order valence-electron chi connectivity index (χ0n) is 8.60. The topological polar surface area (TPSA) is 29.1 Å². The number of nitrogens with one attached hydrogen (secondary N) is 1. The monoisotopic (exact) mass is 307 g/mol. The van der Waals surface area contributed by atoms with Gasteiger partial charge in [0.2, 0.25) is 0 Å². The first-order valence-electron chi connectivity index (χ1n) is 4.93. The maximum absolute atomic E-state index is 13.0. The fourth-order valence-electron chi connectivity index (χ4n) is 1.21. The van der Waals surface area contributed by atoms with E-state index >= 15 is 0 Å².